The molecule has 4 heteroatoms. The molecule has 0 aliphatic rings. The Morgan fingerprint density at radius 3 is 2.57 bits per heavy atom. The van der Waals surface area contributed by atoms with Crippen LogP contribution in [-0.2, 0) is 11.2 Å². The first-order valence-electron chi connectivity index (χ1n) is 6.74. The van der Waals surface area contributed by atoms with Crippen LogP contribution in [0.2, 0.25) is 0 Å². The molecule has 0 unspecified atom stereocenters. The van der Waals surface area contributed by atoms with E-state index in [1.165, 1.54) is 5.56 Å². The number of hydrogen-bond acceptors (Lipinski definition) is 3. The monoisotopic (exact) mass is 345 g/mol. The Kier molecular flexibility index (Phi) is 5.69. The standard InChI is InChI=1S/C17H16BrNO2/c1-2-21-17(20)14-7-9-15(10-8-14)19-12-11-13-5-3-4-6-16(13)18/h3-10,12H,2,11H2,1H3. The maximum absolute atomic E-state index is 11.5. The van der Waals surface area contributed by atoms with E-state index in [1.54, 1.807) is 19.1 Å². The maximum atomic E-state index is 11.5. The maximum Gasteiger partial charge on any atom is 0.338 e. The van der Waals surface area contributed by atoms with Crippen LogP contribution in [0, 0.1) is 0 Å². The molecule has 0 heterocycles. The lowest BCUT2D eigenvalue weighted by Gasteiger charge is -2.02. The Morgan fingerprint density at radius 2 is 1.90 bits per heavy atom. The average Bonchev–Trinajstić information content (AvgIpc) is 2.50. The van der Waals surface area contributed by atoms with Gasteiger partial charge in [0, 0.05) is 17.1 Å². The third kappa shape index (κ3) is 4.53. The van der Waals surface area contributed by atoms with Gasteiger partial charge in [-0.3, -0.25) is 4.99 Å². The Labute approximate surface area is 132 Å². The van der Waals surface area contributed by atoms with E-state index >= 15 is 0 Å². The summed E-state index contributed by atoms with van der Waals surface area (Å²) in [5.74, 6) is -0.304. The topological polar surface area (TPSA) is 38.7 Å². The minimum Gasteiger partial charge on any atom is -0.462 e. The molecule has 3 nitrogen and oxygen atoms in total. The molecule has 0 spiro atoms. The molecule has 0 bridgehead atoms. The van der Waals surface area contributed by atoms with Crippen molar-refractivity contribution in [3.8, 4) is 0 Å². The Morgan fingerprint density at radius 1 is 1.19 bits per heavy atom. The molecule has 0 aromatic heterocycles. The number of rotatable bonds is 5. The molecule has 0 saturated heterocycles. The van der Waals surface area contributed by atoms with Crippen LogP contribution < -0.4 is 0 Å². The molecule has 2 rings (SSSR count). The van der Waals surface area contributed by atoms with Crippen molar-refractivity contribution in [1.82, 2.24) is 0 Å². The van der Waals surface area contributed by atoms with Crippen LogP contribution >= 0.6 is 15.9 Å². The first kappa shape index (κ1) is 15.4. The molecule has 0 amide bonds. The summed E-state index contributed by atoms with van der Waals surface area (Å²) in [5.41, 5.74) is 2.54. The lowest BCUT2D eigenvalue weighted by atomic mass is 10.2. The van der Waals surface area contributed by atoms with Gasteiger partial charge in [0.25, 0.3) is 0 Å². The van der Waals surface area contributed by atoms with E-state index in [1.807, 2.05) is 36.5 Å². The summed E-state index contributed by atoms with van der Waals surface area (Å²) in [7, 11) is 0. The Balaban J connectivity index is 1.99. The fourth-order valence-corrected chi connectivity index (χ4v) is 2.26. The van der Waals surface area contributed by atoms with Gasteiger partial charge in [-0.25, -0.2) is 4.79 Å². The summed E-state index contributed by atoms with van der Waals surface area (Å²) in [6.45, 7) is 2.17. The van der Waals surface area contributed by atoms with Gasteiger partial charge in [0.15, 0.2) is 0 Å². The second-order valence-electron chi connectivity index (χ2n) is 4.37. The van der Waals surface area contributed by atoms with Crippen molar-refractivity contribution >= 4 is 33.8 Å². The molecule has 0 saturated carbocycles. The highest BCUT2D eigenvalue weighted by Gasteiger charge is 2.04. The fraction of sp³-hybridized carbons (Fsp3) is 0.176. The minimum absolute atomic E-state index is 0.304. The van der Waals surface area contributed by atoms with Crippen LogP contribution in [0.1, 0.15) is 22.8 Å². The number of aliphatic imine (C=N–C) groups is 1. The average molecular weight is 346 g/mol. The molecule has 0 atom stereocenters. The highest BCUT2D eigenvalue weighted by Crippen LogP contribution is 2.17. The van der Waals surface area contributed by atoms with Gasteiger partial charge in [0.1, 0.15) is 0 Å². The van der Waals surface area contributed by atoms with Gasteiger partial charge in [0.05, 0.1) is 17.9 Å². The number of hydrogen-bond donors (Lipinski definition) is 0. The van der Waals surface area contributed by atoms with Crippen molar-refractivity contribution < 1.29 is 9.53 Å². The van der Waals surface area contributed by atoms with Gasteiger partial charge >= 0.3 is 5.97 Å². The van der Waals surface area contributed by atoms with E-state index < -0.39 is 0 Å². The van der Waals surface area contributed by atoms with Crippen molar-refractivity contribution in [1.29, 1.82) is 0 Å². The van der Waals surface area contributed by atoms with Crippen LogP contribution in [0.4, 0.5) is 5.69 Å². The highest BCUT2D eigenvalue weighted by atomic mass is 79.9. The third-order valence-corrected chi connectivity index (χ3v) is 3.66. The normalized spacial score (nSPS) is 10.8. The number of carbonyl (C=O) groups excluding carboxylic acids is 1. The fourth-order valence-electron chi connectivity index (χ4n) is 1.81. The predicted molar refractivity (Wildman–Crippen MR) is 88.4 cm³/mol. The van der Waals surface area contributed by atoms with Crippen LogP contribution in [0.15, 0.2) is 58.0 Å². The van der Waals surface area contributed by atoms with Gasteiger partial charge < -0.3 is 4.74 Å². The zero-order valence-electron chi connectivity index (χ0n) is 11.8. The number of halogens is 1. The number of nitrogens with zero attached hydrogens (tertiary/aromatic N) is 1. The van der Waals surface area contributed by atoms with Gasteiger partial charge in [-0.15, -0.1) is 0 Å². The molecule has 0 N–H and O–H groups in total. The number of carbonyl (C=O) groups is 1. The zero-order chi connectivity index (χ0) is 15.1. The lowest BCUT2D eigenvalue weighted by Crippen LogP contribution is -2.03. The van der Waals surface area contributed by atoms with Crippen molar-refractivity contribution in [3.05, 3.63) is 64.1 Å². The van der Waals surface area contributed by atoms with E-state index in [2.05, 4.69) is 27.0 Å². The first-order valence-corrected chi connectivity index (χ1v) is 7.53. The number of ether oxygens (including phenoxy) is 1. The first-order chi connectivity index (χ1) is 10.2. The molecule has 21 heavy (non-hydrogen) atoms. The van der Waals surface area contributed by atoms with E-state index in [4.69, 9.17) is 4.74 Å². The molecule has 0 fully saturated rings. The van der Waals surface area contributed by atoms with Crippen LogP contribution in [0.5, 0.6) is 0 Å². The van der Waals surface area contributed by atoms with Crippen LogP contribution in [0.3, 0.4) is 0 Å². The predicted octanol–water partition coefficient (Wildman–Crippen LogP) is 4.57. The van der Waals surface area contributed by atoms with Crippen molar-refractivity contribution in [2.45, 2.75) is 13.3 Å². The second kappa shape index (κ2) is 7.74. The largest absolute Gasteiger partial charge is 0.462 e. The smallest absolute Gasteiger partial charge is 0.338 e. The molecule has 0 aliphatic heterocycles. The van der Waals surface area contributed by atoms with Crippen molar-refractivity contribution in [2.24, 2.45) is 4.99 Å². The molecular weight excluding hydrogens is 330 g/mol. The van der Waals surface area contributed by atoms with Gasteiger partial charge in [0.2, 0.25) is 0 Å². The van der Waals surface area contributed by atoms with Gasteiger partial charge in [-0.05, 0) is 42.8 Å². The SMILES string of the molecule is CCOC(=O)c1ccc(N=CCc2ccccc2Br)cc1. The summed E-state index contributed by atoms with van der Waals surface area (Å²) < 4.78 is 6.02. The molecular formula is C17H16BrNO2. The van der Waals surface area contributed by atoms with E-state index in [9.17, 15) is 4.79 Å². The Hall–Kier alpha value is -1.94. The minimum atomic E-state index is -0.304. The van der Waals surface area contributed by atoms with Crippen molar-refractivity contribution in [3.63, 3.8) is 0 Å². The van der Waals surface area contributed by atoms with Crippen molar-refractivity contribution in [2.75, 3.05) is 6.61 Å². The number of esters is 1. The van der Waals surface area contributed by atoms with Crippen LogP contribution in [-0.4, -0.2) is 18.8 Å². The number of benzene rings is 2. The summed E-state index contributed by atoms with van der Waals surface area (Å²) in [6, 6.07) is 15.1. The molecule has 2 aromatic rings. The summed E-state index contributed by atoms with van der Waals surface area (Å²) in [4.78, 5) is 15.9. The van der Waals surface area contributed by atoms with Gasteiger partial charge in [-0.2, -0.15) is 0 Å². The molecule has 0 aliphatic carbocycles. The van der Waals surface area contributed by atoms with E-state index in [-0.39, 0.29) is 5.97 Å². The lowest BCUT2D eigenvalue weighted by molar-refractivity contribution is 0.0526. The van der Waals surface area contributed by atoms with Crippen LogP contribution in [0.25, 0.3) is 0 Å². The molecule has 108 valence electrons. The second-order valence-corrected chi connectivity index (χ2v) is 5.23. The van der Waals surface area contributed by atoms with E-state index in [0.29, 0.717) is 12.2 Å². The molecule has 2 aromatic carbocycles. The van der Waals surface area contributed by atoms with E-state index in [0.717, 1.165) is 16.6 Å². The summed E-state index contributed by atoms with van der Waals surface area (Å²) >= 11 is 3.51. The third-order valence-electron chi connectivity index (χ3n) is 2.89. The summed E-state index contributed by atoms with van der Waals surface area (Å²) in [6.07, 6.45) is 2.61. The van der Waals surface area contributed by atoms with Gasteiger partial charge in [-0.1, -0.05) is 34.1 Å². The quantitative estimate of drug-likeness (QED) is 0.588. The summed E-state index contributed by atoms with van der Waals surface area (Å²) in [5, 5.41) is 0. The molecule has 0 radical (unpaired) electrons. The highest BCUT2D eigenvalue weighted by molar-refractivity contribution is 9.10. The zero-order valence-corrected chi connectivity index (χ0v) is 13.3. The Bertz CT molecular complexity index is 635.